The van der Waals surface area contributed by atoms with Crippen LogP contribution in [0.1, 0.15) is 16.8 Å². The van der Waals surface area contributed by atoms with Crippen LogP contribution in [0, 0.1) is 11.7 Å². The summed E-state index contributed by atoms with van der Waals surface area (Å²) in [6, 6.07) is 3.37. The van der Waals surface area contributed by atoms with Gasteiger partial charge in [-0.15, -0.1) is 11.6 Å². The zero-order valence-corrected chi connectivity index (χ0v) is 10.2. The Hall–Kier alpha value is -1.62. The van der Waals surface area contributed by atoms with Gasteiger partial charge in [-0.1, -0.05) is 0 Å². The number of aromatic carboxylic acids is 1. The molecular formula is C12H11ClFNO3. The standard InChI is InChI=1S/C12H11ClFNO3/c13-5-7-3-11(16)15(6-7)10-2-1-8(14)4-9(10)12(17)18/h1-2,4,7H,3,5-6H2,(H,17,18). The van der Waals surface area contributed by atoms with E-state index >= 15 is 0 Å². The van der Waals surface area contributed by atoms with E-state index in [1.807, 2.05) is 0 Å². The Kier molecular flexibility index (Phi) is 3.52. The second kappa shape index (κ2) is 4.94. The maximum Gasteiger partial charge on any atom is 0.337 e. The van der Waals surface area contributed by atoms with Crippen molar-refractivity contribution < 1.29 is 19.1 Å². The smallest absolute Gasteiger partial charge is 0.337 e. The van der Waals surface area contributed by atoms with Gasteiger partial charge < -0.3 is 10.0 Å². The van der Waals surface area contributed by atoms with E-state index in [0.717, 1.165) is 12.1 Å². The van der Waals surface area contributed by atoms with Gasteiger partial charge in [-0.3, -0.25) is 4.79 Å². The number of carbonyl (C=O) groups is 2. The fourth-order valence-electron chi connectivity index (χ4n) is 2.03. The van der Waals surface area contributed by atoms with Crippen LogP contribution < -0.4 is 4.90 Å². The molecule has 6 heteroatoms. The van der Waals surface area contributed by atoms with Crippen molar-refractivity contribution in [1.29, 1.82) is 0 Å². The Morgan fingerprint density at radius 2 is 2.28 bits per heavy atom. The molecule has 0 aliphatic carbocycles. The molecule has 1 heterocycles. The van der Waals surface area contributed by atoms with E-state index in [1.165, 1.54) is 11.0 Å². The van der Waals surface area contributed by atoms with Crippen LogP contribution in [0.25, 0.3) is 0 Å². The molecule has 1 saturated heterocycles. The Morgan fingerprint density at radius 1 is 1.56 bits per heavy atom. The molecule has 0 spiro atoms. The van der Waals surface area contributed by atoms with E-state index in [4.69, 9.17) is 16.7 Å². The molecule has 96 valence electrons. The van der Waals surface area contributed by atoms with Crippen molar-refractivity contribution in [2.45, 2.75) is 6.42 Å². The summed E-state index contributed by atoms with van der Waals surface area (Å²) in [5, 5.41) is 9.03. The molecule has 4 nitrogen and oxygen atoms in total. The Bertz CT molecular complexity index is 506. The number of hydrogen-bond acceptors (Lipinski definition) is 2. The second-order valence-corrected chi connectivity index (χ2v) is 4.50. The number of anilines is 1. The molecule has 1 unspecified atom stereocenters. The molecule has 0 bridgehead atoms. The molecule has 0 saturated carbocycles. The van der Waals surface area contributed by atoms with Gasteiger partial charge >= 0.3 is 5.97 Å². The van der Waals surface area contributed by atoms with Gasteiger partial charge in [-0.25, -0.2) is 9.18 Å². The van der Waals surface area contributed by atoms with Crippen LogP contribution in [-0.4, -0.2) is 29.4 Å². The summed E-state index contributed by atoms with van der Waals surface area (Å²) in [4.78, 5) is 24.2. The van der Waals surface area contributed by atoms with Crippen LogP contribution in [0.3, 0.4) is 0 Å². The van der Waals surface area contributed by atoms with Gasteiger partial charge in [-0.2, -0.15) is 0 Å². The first kappa shape index (κ1) is 12.8. The molecule has 1 amide bonds. The number of hydrogen-bond donors (Lipinski definition) is 1. The highest BCUT2D eigenvalue weighted by atomic mass is 35.5. The zero-order valence-electron chi connectivity index (χ0n) is 9.40. The van der Waals surface area contributed by atoms with Gasteiger partial charge in [0.15, 0.2) is 0 Å². The summed E-state index contributed by atoms with van der Waals surface area (Å²) in [6.45, 7) is 0.369. The minimum Gasteiger partial charge on any atom is -0.478 e. The number of alkyl halides is 1. The first-order valence-corrected chi connectivity index (χ1v) is 5.95. The Balaban J connectivity index is 2.39. The van der Waals surface area contributed by atoms with E-state index < -0.39 is 11.8 Å². The number of carboxylic acids is 1. The number of carbonyl (C=O) groups excluding carboxylic acids is 1. The maximum atomic E-state index is 13.0. The van der Waals surface area contributed by atoms with Crippen LogP contribution in [0.5, 0.6) is 0 Å². The number of amides is 1. The molecule has 0 aromatic heterocycles. The quantitative estimate of drug-likeness (QED) is 0.857. The normalized spacial score (nSPS) is 19.3. The summed E-state index contributed by atoms with van der Waals surface area (Å²) < 4.78 is 13.0. The van der Waals surface area contributed by atoms with Gasteiger partial charge in [0.05, 0.1) is 11.3 Å². The summed E-state index contributed by atoms with van der Waals surface area (Å²) in [5.41, 5.74) is 0.0140. The van der Waals surface area contributed by atoms with Crippen LogP contribution >= 0.6 is 11.6 Å². The van der Waals surface area contributed by atoms with E-state index in [0.29, 0.717) is 18.8 Å². The zero-order chi connectivity index (χ0) is 13.3. The van der Waals surface area contributed by atoms with E-state index in [-0.39, 0.29) is 23.1 Å². The monoisotopic (exact) mass is 271 g/mol. The van der Waals surface area contributed by atoms with Crippen LogP contribution in [0.15, 0.2) is 18.2 Å². The number of carboxylic acid groups (broad SMARTS) is 1. The lowest BCUT2D eigenvalue weighted by Crippen LogP contribution is -2.26. The first-order chi connectivity index (χ1) is 8.52. The Morgan fingerprint density at radius 3 is 2.83 bits per heavy atom. The van der Waals surface area contributed by atoms with Gasteiger partial charge in [0, 0.05) is 18.8 Å². The molecule has 1 N–H and O–H groups in total. The molecule has 1 fully saturated rings. The average molecular weight is 272 g/mol. The fraction of sp³-hybridized carbons (Fsp3) is 0.333. The lowest BCUT2D eigenvalue weighted by Gasteiger charge is -2.18. The van der Waals surface area contributed by atoms with Gasteiger partial charge in [0.2, 0.25) is 5.91 Å². The number of nitrogens with zero attached hydrogens (tertiary/aromatic N) is 1. The largest absolute Gasteiger partial charge is 0.478 e. The number of benzene rings is 1. The number of halogens is 2. The highest BCUT2D eigenvalue weighted by molar-refractivity contribution is 6.18. The summed E-state index contributed by atoms with van der Waals surface area (Å²) >= 11 is 5.70. The maximum absolute atomic E-state index is 13.0. The SMILES string of the molecule is O=C(O)c1cc(F)ccc1N1CC(CCl)CC1=O. The van der Waals surface area contributed by atoms with Gasteiger partial charge in [-0.05, 0) is 24.1 Å². The van der Waals surface area contributed by atoms with Crippen molar-refractivity contribution in [3.8, 4) is 0 Å². The van der Waals surface area contributed by atoms with Crippen molar-refractivity contribution in [2.24, 2.45) is 5.92 Å². The highest BCUT2D eigenvalue weighted by Gasteiger charge is 2.32. The third kappa shape index (κ3) is 2.31. The predicted octanol–water partition coefficient (Wildman–Crippen LogP) is 2.12. The molecule has 1 aliphatic rings. The highest BCUT2D eigenvalue weighted by Crippen LogP contribution is 2.29. The molecule has 1 atom stereocenters. The first-order valence-electron chi connectivity index (χ1n) is 5.42. The minimum atomic E-state index is -1.26. The van der Waals surface area contributed by atoms with Crippen LogP contribution in [0.2, 0.25) is 0 Å². The topological polar surface area (TPSA) is 57.6 Å². The molecule has 18 heavy (non-hydrogen) atoms. The van der Waals surface area contributed by atoms with E-state index in [9.17, 15) is 14.0 Å². The summed E-state index contributed by atoms with van der Waals surface area (Å²) in [7, 11) is 0. The molecule has 1 aliphatic heterocycles. The fourth-order valence-corrected chi connectivity index (χ4v) is 2.24. The summed E-state index contributed by atoms with van der Waals surface area (Å²) in [6.07, 6.45) is 0.292. The lowest BCUT2D eigenvalue weighted by molar-refractivity contribution is -0.117. The molecule has 2 rings (SSSR count). The third-order valence-electron chi connectivity index (χ3n) is 2.90. The Labute approximate surface area is 108 Å². The molecular weight excluding hydrogens is 261 g/mol. The van der Waals surface area contributed by atoms with E-state index in [1.54, 1.807) is 0 Å². The minimum absolute atomic E-state index is 0.00543. The van der Waals surface area contributed by atoms with Gasteiger partial charge in [0.25, 0.3) is 0 Å². The van der Waals surface area contributed by atoms with Crippen molar-refractivity contribution in [3.05, 3.63) is 29.6 Å². The predicted molar refractivity (Wildman–Crippen MR) is 64.5 cm³/mol. The summed E-state index contributed by atoms with van der Waals surface area (Å²) in [5.74, 6) is -1.74. The van der Waals surface area contributed by atoms with Crippen molar-refractivity contribution in [2.75, 3.05) is 17.3 Å². The van der Waals surface area contributed by atoms with E-state index in [2.05, 4.69) is 0 Å². The van der Waals surface area contributed by atoms with Crippen LogP contribution in [-0.2, 0) is 4.79 Å². The van der Waals surface area contributed by atoms with Crippen molar-refractivity contribution in [3.63, 3.8) is 0 Å². The van der Waals surface area contributed by atoms with Crippen LogP contribution in [0.4, 0.5) is 10.1 Å². The average Bonchev–Trinajstić information content (AvgIpc) is 2.70. The molecule has 1 aromatic rings. The van der Waals surface area contributed by atoms with Crippen molar-refractivity contribution >= 4 is 29.2 Å². The van der Waals surface area contributed by atoms with Crippen molar-refractivity contribution in [1.82, 2.24) is 0 Å². The lowest BCUT2D eigenvalue weighted by atomic mass is 10.1. The second-order valence-electron chi connectivity index (χ2n) is 4.20. The van der Waals surface area contributed by atoms with Gasteiger partial charge in [0.1, 0.15) is 5.82 Å². The molecule has 1 aromatic carbocycles. The number of rotatable bonds is 3. The molecule has 0 radical (unpaired) electrons. The third-order valence-corrected chi connectivity index (χ3v) is 3.34.